The number of benzene rings is 1. The molecule has 0 atom stereocenters. The third kappa shape index (κ3) is 1.89. The second-order valence-electron chi connectivity index (χ2n) is 4.11. The van der Waals surface area contributed by atoms with Crippen LogP contribution in [-0.2, 0) is 16.1 Å². The van der Waals surface area contributed by atoms with Crippen LogP contribution in [0.5, 0.6) is 0 Å². The van der Waals surface area contributed by atoms with E-state index in [2.05, 4.69) is 0 Å². The standard InChI is InChI=1S/C12H15N3O2/c1-14-9-4-3-8(7-13)5-10(9)15(2)12(17)6-11(14)16/h3-5H,6-7,13H2,1-2H3. The third-order valence-electron chi connectivity index (χ3n) is 3.05. The summed E-state index contributed by atoms with van der Waals surface area (Å²) in [6.07, 6.45) is -0.0976. The molecular formula is C12H15N3O2. The summed E-state index contributed by atoms with van der Waals surface area (Å²) in [6.45, 7) is 0.410. The maximum atomic E-state index is 11.8. The van der Waals surface area contributed by atoms with Gasteiger partial charge in [-0.1, -0.05) is 6.07 Å². The summed E-state index contributed by atoms with van der Waals surface area (Å²) in [5, 5.41) is 0. The van der Waals surface area contributed by atoms with E-state index < -0.39 is 0 Å². The molecule has 5 nitrogen and oxygen atoms in total. The average molecular weight is 233 g/mol. The zero-order valence-corrected chi connectivity index (χ0v) is 9.93. The molecular weight excluding hydrogens is 218 g/mol. The van der Waals surface area contributed by atoms with Gasteiger partial charge in [0, 0.05) is 20.6 Å². The highest BCUT2D eigenvalue weighted by Crippen LogP contribution is 2.32. The number of carbonyl (C=O) groups is 2. The minimum atomic E-state index is -0.199. The first-order valence-corrected chi connectivity index (χ1v) is 5.40. The van der Waals surface area contributed by atoms with Gasteiger partial charge >= 0.3 is 0 Å². The topological polar surface area (TPSA) is 66.6 Å². The Hall–Kier alpha value is -1.88. The van der Waals surface area contributed by atoms with Crippen molar-refractivity contribution in [3.8, 4) is 0 Å². The first-order valence-electron chi connectivity index (χ1n) is 5.40. The lowest BCUT2D eigenvalue weighted by Crippen LogP contribution is -2.28. The third-order valence-corrected chi connectivity index (χ3v) is 3.05. The van der Waals surface area contributed by atoms with E-state index in [1.54, 1.807) is 14.1 Å². The van der Waals surface area contributed by atoms with E-state index in [0.29, 0.717) is 6.54 Å². The van der Waals surface area contributed by atoms with Crippen LogP contribution in [0.15, 0.2) is 18.2 Å². The highest BCUT2D eigenvalue weighted by molar-refractivity contribution is 6.14. The summed E-state index contributed by atoms with van der Waals surface area (Å²) in [5.41, 5.74) is 7.98. The zero-order chi connectivity index (χ0) is 12.6. The van der Waals surface area contributed by atoms with Gasteiger partial charge < -0.3 is 15.5 Å². The molecule has 1 heterocycles. The number of anilines is 2. The summed E-state index contributed by atoms with van der Waals surface area (Å²) in [6, 6.07) is 5.54. The summed E-state index contributed by atoms with van der Waals surface area (Å²) in [5.74, 6) is -0.393. The normalized spacial score (nSPS) is 15.9. The lowest BCUT2D eigenvalue weighted by atomic mass is 10.1. The van der Waals surface area contributed by atoms with E-state index in [4.69, 9.17) is 5.73 Å². The highest BCUT2D eigenvalue weighted by Gasteiger charge is 2.27. The fraction of sp³-hybridized carbons (Fsp3) is 0.333. The van der Waals surface area contributed by atoms with Crippen molar-refractivity contribution in [2.45, 2.75) is 13.0 Å². The molecule has 1 aromatic rings. The van der Waals surface area contributed by atoms with Gasteiger partial charge in [0.15, 0.2) is 0 Å². The molecule has 5 heteroatoms. The van der Waals surface area contributed by atoms with Gasteiger partial charge in [0.05, 0.1) is 11.4 Å². The molecule has 2 rings (SSSR count). The summed E-state index contributed by atoms with van der Waals surface area (Å²) in [7, 11) is 3.35. The van der Waals surface area contributed by atoms with Crippen LogP contribution in [0, 0.1) is 0 Å². The molecule has 2 N–H and O–H groups in total. The smallest absolute Gasteiger partial charge is 0.236 e. The Bertz CT molecular complexity index is 485. The second kappa shape index (κ2) is 4.18. The van der Waals surface area contributed by atoms with Gasteiger partial charge in [-0.2, -0.15) is 0 Å². The van der Waals surface area contributed by atoms with E-state index in [-0.39, 0.29) is 18.2 Å². The molecule has 0 bridgehead atoms. The highest BCUT2D eigenvalue weighted by atomic mass is 16.2. The van der Waals surface area contributed by atoms with Crippen LogP contribution in [0.3, 0.4) is 0 Å². The molecule has 2 amide bonds. The van der Waals surface area contributed by atoms with Crippen LogP contribution in [0.25, 0.3) is 0 Å². The van der Waals surface area contributed by atoms with Crippen LogP contribution in [-0.4, -0.2) is 25.9 Å². The maximum absolute atomic E-state index is 11.8. The number of hydrogen-bond donors (Lipinski definition) is 1. The second-order valence-corrected chi connectivity index (χ2v) is 4.11. The Morgan fingerprint density at radius 3 is 2.29 bits per heavy atom. The van der Waals surface area contributed by atoms with Crippen molar-refractivity contribution in [2.75, 3.05) is 23.9 Å². The van der Waals surface area contributed by atoms with Gasteiger partial charge in [-0.3, -0.25) is 9.59 Å². The van der Waals surface area contributed by atoms with Crippen molar-refractivity contribution >= 4 is 23.2 Å². The molecule has 0 fully saturated rings. The van der Waals surface area contributed by atoms with Crippen LogP contribution in [0.4, 0.5) is 11.4 Å². The summed E-state index contributed by atoms with van der Waals surface area (Å²) < 4.78 is 0. The Balaban J connectivity index is 2.59. The van der Waals surface area contributed by atoms with Crippen LogP contribution < -0.4 is 15.5 Å². The Morgan fingerprint density at radius 2 is 1.71 bits per heavy atom. The van der Waals surface area contributed by atoms with Crippen LogP contribution >= 0.6 is 0 Å². The molecule has 1 aromatic carbocycles. The number of nitrogens with two attached hydrogens (primary N) is 1. The van der Waals surface area contributed by atoms with Gasteiger partial charge in [0.25, 0.3) is 0 Å². The zero-order valence-electron chi connectivity index (χ0n) is 9.93. The van der Waals surface area contributed by atoms with Gasteiger partial charge in [-0.15, -0.1) is 0 Å². The quantitative estimate of drug-likeness (QED) is 0.717. The molecule has 1 aliphatic heterocycles. The first-order chi connectivity index (χ1) is 8.04. The lowest BCUT2D eigenvalue weighted by Gasteiger charge is -2.20. The number of amides is 2. The Morgan fingerprint density at radius 1 is 1.12 bits per heavy atom. The Kier molecular flexibility index (Phi) is 2.85. The predicted octanol–water partition coefficient (Wildman–Crippen LogP) is 0.475. The molecule has 0 saturated heterocycles. The molecule has 90 valence electrons. The SMILES string of the molecule is CN1C(=O)CC(=O)N(C)c2cc(CN)ccc21. The molecule has 0 unspecified atom stereocenters. The first kappa shape index (κ1) is 11.6. The largest absolute Gasteiger partial charge is 0.326 e. The van der Waals surface area contributed by atoms with Gasteiger partial charge in [-0.05, 0) is 17.7 Å². The van der Waals surface area contributed by atoms with E-state index in [1.807, 2.05) is 18.2 Å². The predicted molar refractivity (Wildman–Crippen MR) is 65.8 cm³/mol. The van der Waals surface area contributed by atoms with Crippen LogP contribution in [0.2, 0.25) is 0 Å². The fourth-order valence-corrected chi connectivity index (χ4v) is 1.88. The molecule has 0 spiro atoms. The molecule has 0 aliphatic carbocycles. The van der Waals surface area contributed by atoms with Gasteiger partial charge in [0.1, 0.15) is 6.42 Å². The average Bonchev–Trinajstić information content (AvgIpc) is 2.42. The van der Waals surface area contributed by atoms with Crippen molar-refractivity contribution in [3.63, 3.8) is 0 Å². The number of rotatable bonds is 1. The summed E-state index contributed by atoms with van der Waals surface area (Å²) >= 11 is 0. The van der Waals surface area contributed by atoms with Crippen molar-refractivity contribution in [1.29, 1.82) is 0 Å². The minimum absolute atomic E-state index is 0.0976. The molecule has 0 saturated carbocycles. The maximum Gasteiger partial charge on any atom is 0.236 e. The fourth-order valence-electron chi connectivity index (χ4n) is 1.88. The molecule has 0 aromatic heterocycles. The van der Waals surface area contributed by atoms with Gasteiger partial charge in [0.2, 0.25) is 11.8 Å². The van der Waals surface area contributed by atoms with Crippen molar-refractivity contribution in [3.05, 3.63) is 23.8 Å². The van der Waals surface area contributed by atoms with Crippen molar-refractivity contribution in [2.24, 2.45) is 5.73 Å². The lowest BCUT2D eigenvalue weighted by molar-refractivity contribution is -0.125. The number of carbonyl (C=O) groups excluding carboxylic acids is 2. The van der Waals surface area contributed by atoms with E-state index in [9.17, 15) is 9.59 Å². The van der Waals surface area contributed by atoms with Crippen molar-refractivity contribution in [1.82, 2.24) is 0 Å². The van der Waals surface area contributed by atoms with E-state index in [1.165, 1.54) is 9.80 Å². The molecule has 17 heavy (non-hydrogen) atoms. The van der Waals surface area contributed by atoms with Crippen LogP contribution in [0.1, 0.15) is 12.0 Å². The van der Waals surface area contributed by atoms with Gasteiger partial charge in [-0.25, -0.2) is 0 Å². The number of fused-ring (bicyclic) bond motifs is 1. The monoisotopic (exact) mass is 233 g/mol. The van der Waals surface area contributed by atoms with E-state index >= 15 is 0 Å². The number of hydrogen-bond acceptors (Lipinski definition) is 3. The number of nitrogens with zero attached hydrogens (tertiary/aromatic N) is 2. The summed E-state index contributed by atoms with van der Waals surface area (Å²) in [4.78, 5) is 26.5. The minimum Gasteiger partial charge on any atom is -0.326 e. The van der Waals surface area contributed by atoms with Crippen molar-refractivity contribution < 1.29 is 9.59 Å². The molecule has 0 radical (unpaired) electrons. The Labute approximate surface area is 99.8 Å². The van der Waals surface area contributed by atoms with E-state index in [0.717, 1.165) is 16.9 Å². The molecule has 1 aliphatic rings.